The van der Waals surface area contributed by atoms with Gasteiger partial charge in [0, 0.05) is 5.56 Å². The molecule has 86 valence electrons. The second-order valence-electron chi connectivity index (χ2n) is 2.92. The van der Waals surface area contributed by atoms with E-state index in [1.807, 2.05) is 0 Å². The number of aldehydes is 1. The fourth-order valence-electron chi connectivity index (χ4n) is 1.19. The molecule has 0 amide bonds. The van der Waals surface area contributed by atoms with E-state index >= 15 is 0 Å². The number of benzene rings is 1. The fourth-order valence-corrected chi connectivity index (χ4v) is 1.75. The van der Waals surface area contributed by atoms with Gasteiger partial charge in [-0.15, -0.1) is 0 Å². The number of hydrogen-bond donors (Lipinski definition) is 0. The molecule has 0 fully saturated rings. The molecule has 0 N–H and O–H groups in total. The molecule has 1 aromatic carbocycles. The lowest BCUT2D eigenvalue weighted by Gasteiger charge is -2.09. The highest BCUT2D eigenvalue weighted by Crippen LogP contribution is 2.30. The van der Waals surface area contributed by atoms with Crippen molar-refractivity contribution in [2.45, 2.75) is 6.92 Å². The van der Waals surface area contributed by atoms with E-state index in [1.165, 1.54) is 13.2 Å². The standard InChI is InChI=1S/C11H11BrO4/c1-3-16-11(14)8-4-7(6-13)5-9(15-2)10(8)12/h4-6H,3H2,1-2H3. The van der Waals surface area contributed by atoms with E-state index in [1.54, 1.807) is 13.0 Å². The molecule has 0 aliphatic rings. The molecule has 0 saturated heterocycles. The molecule has 0 atom stereocenters. The fraction of sp³-hybridized carbons (Fsp3) is 0.273. The number of carbonyl (C=O) groups excluding carboxylic acids is 2. The summed E-state index contributed by atoms with van der Waals surface area (Å²) in [6, 6.07) is 3.00. The molecule has 1 rings (SSSR count). The average Bonchev–Trinajstić information content (AvgIpc) is 2.29. The van der Waals surface area contributed by atoms with E-state index in [9.17, 15) is 9.59 Å². The third-order valence-electron chi connectivity index (χ3n) is 1.91. The van der Waals surface area contributed by atoms with Crippen LogP contribution in [0.15, 0.2) is 16.6 Å². The molecule has 0 radical (unpaired) electrons. The predicted octanol–water partition coefficient (Wildman–Crippen LogP) is 2.45. The number of hydrogen-bond acceptors (Lipinski definition) is 4. The van der Waals surface area contributed by atoms with Gasteiger partial charge in [0.2, 0.25) is 0 Å². The van der Waals surface area contributed by atoms with Crippen molar-refractivity contribution in [3.8, 4) is 5.75 Å². The molecule has 0 aliphatic carbocycles. The van der Waals surface area contributed by atoms with Gasteiger partial charge in [-0.2, -0.15) is 0 Å². The normalized spacial score (nSPS) is 9.69. The van der Waals surface area contributed by atoms with Gasteiger partial charge >= 0.3 is 5.97 Å². The molecule has 0 aromatic heterocycles. The highest BCUT2D eigenvalue weighted by molar-refractivity contribution is 9.10. The second kappa shape index (κ2) is 5.65. The maximum absolute atomic E-state index is 11.6. The lowest BCUT2D eigenvalue weighted by Crippen LogP contribution is -2.07. The molecular weight excluding hydrogens is 276 g/mol. The molecule has 0 saturated carbocycles. The van der Waals surface area contributed by atoms with Crippen LogP contribution in [0.1, 0.15) is 27.6 Å². The smallest absolute Gasteiger partial charge is 0.339 e. The van der Waals surface area contributed by atoms with Crippen LogP contribution in [0.25, 0.3) is 0 Å². The Morgan fingerprint density at radius 3 is 2.69 bits per heavy atom. The van der Waals surface area contributed by atoms with Crippen LogP contribution < -0.4 is 4.74 Å². The SMILES string of the molecule is CCOC(=O)c1cc(C=O)cc(OC)c1Br. The van der Waals surface area contributed by atoms with Crippen molar-refractivity contribution >= 4 is 28.2 Å². The molecule has 0 bridgehead atoms. The van der Waals surface area contributed by atoms with Gasteiger partial charge in [0.25, 0.3) is 0 Å². The summed E-state index contributed by atoms with van der Waals surface area (Å²) in [6.07, 6.45) is 0.650. The van der Waals surface area contributed by atoms with Crippen LogP contribution in [-0.4, -0.2) is 26.0 Å². The van der Waals surface area contributed by atoms with E-state index in [0.717, 1.165) is 0 Å². The largest absolute Gasteiger partial charge is 0.496 e. The van der Waals surface area contributed by atoms with E-state index in [-0.39, 0.29) is 12.2 Å². The third-order valence-corrected chi connectivity index (χ3v) is 2.73. The first kappa shape index (κ1) is 12.7. The molecule has 0 heterocycles. The molecule has 16 heavy (non-hydrogen) atoms. The van der Waals surface area contributed by atoms with Crippen molar-refractivity contribution in [1.82, 2.24) is 0 Å². The maximum Gasteiger partial charge on any atom is 0.339 e. The maximum atomic E-state index is 11.6. The van der Waals surface area contributed by atoms with Crippen LogP contribution >= 0.6 is 15.9 Å². The minimum absolute atomic E-state index is 0.277. The topological polar surface area (TPSA) is 52.6 Å². The molecule has 5 heteroatoms. The first-order valence-corrected chi connectivity index (χ1v) is 5.43. The van der Waals surface area contributed by atoms with Crippen molar-refractivity contribution in [1.29, 1.82) is 0 Å². The van der Waals surface area contributed by atoms with Crippen LogP contribution in [0.4, 0.5) is 0 Å². The van der Waals surface area contributed by atoms with Crippen molar-refractivity contribution < 1.29 is 19.1 Å². The highest BCUT2D eigenvalue weighted by atomic mass is 79.9. The Morgan fingerprint density at radius 1 is 1.50 bits per heavy atom. The van der Waals surface area contributed by atoms with Gasteiger partial charge in [-0.1, -0.05) is 0 Å². The lowest BCUT2D eigenvalue weighted by molar-refractivity contribution is 0.0525. The van der Waals surface area contributed by atoms with Gasteiger partial charge in [0.05, 0.1) is 23.8 Å². The van der Waals surface area contributed by atoms with Gasteiger partial charge in [-0.25, -0.2) is 4.79 Å². The average molecular weight is 287 g/mol. The van der Waals surface area contributed by atoms with Crippen LogP contribution in [0, 0.1) is 0 Å². The molecule has 0 unspecified atom stereocenters. The minimum atomic E-state index is -0.489. The summed E-state index contributed by atoms with van der Waals surface area (Å²) in [5, 5.41) is 0. The van der Waals surface area contributed by atoms with Crippen LogP contribution in [0.2, 0.25) is 0 Å². The van der Waals surface area contributed by atoms with Gasteiger partial charge in [0.15, 0.2) is 0 Å². The first-order chi connectivity index (χ1) is 7.63. The van der Waals surface area contributed by atoms with Gasteiger partial charge < -0.3 is 9.47 Å². The summed E-state index contributed by atoms with van der Waals surface area (Å²) >= 11 is 3.23. The minimum Gasteiger partial charge on any atom is -0.496 e. The van der Waals surface area contributed by atoms with Crippen LogP contribution in [0.3, 0.4) is 0 Å². The Labute approximate surface area is 102 Å². The summed E-state index contributed by atoms with van der Waals surface area (Å²) in [6.45, 7) is 1.99. The van der Waals surface area contributed by atoms with Crippen molar-refractivity contribution in [3.05, 3.63) is 27.7 Å². The molecular formula is C11H11BrO4. The summed E-state index contributed by atoms with van der Waals surface area (Å²) < 4.78 is 10.4. The summed E-state index contributed by atoms with van der Waals surface area (Å²) in [5.41, 5.74) is 0.645. The number of carbonyl (C=O) groups is 2. The lowest BCUT2D eigenvalue weighted by atomic mass is 10.1. The number of esters is 1. The van der Waals surface area contributed by atoms with Gasteiger partial charge in [-0.3, -0.25) is 4.79 Å². The predicted molar refractivity (Wildman–Crippen MR) is 62.0 cm³/mol. The summed E-state index contributed by atoms with van der Waals surface area (Å²) in [5.74, 6) is -0.0657. The zero-order valence-electron chi connectivity index (χ0n) is 8.95. The monoisotopic (exact) mass is 286 g/mol. The van der Waals surface area contributed by atoms with E-state index in [0.29, 0.717) is 22.1 Å². The molecule has 4 nitrogen and oxygen atoms in total. The number of halogens is 1. The van der Waals surface area contributed by atoms with Crippen molar-refractivity contribution in [2.75, 3.05) is 13.7 Å². The third kappa shape index (κ3) is 2.61. The first-order valence-electron chi connectivity index (χ1n) is 4.63. The Kier molecular flexibility index (Phi) is 4.49. The van der Waals surface area contributed by atoms with Crippen molar-refractivity contribution in [2.24, 2.45) is 0 Å². The van der Waals surface area contributed by atoms with Crippen molar-refractivity contribution in [3.63, 3.8) is 0 Å². The second-order valence-corrected chi connectivity index (χ2v) is 3.72. The van der Waals surface area contributed by atoms with E-state index in [2.05, 4.69) is 15.9 Å². The van der Waals surface area contributed by atoms with Gasteiger partial charge in [-0.05, 0) is 35.0 Å². The van der Waals surface area contributed by atoms with Crippen LogP contribution in [0.5, 0.6) is 5.75 Å². The Balaban J connectivity index is 3.25. The summed E-state index contributed by atoms with van der Waals surface area (Å²) in [7, 11) is 1.46. The Morgan fingerprint density at radius 2 is 2.19 bits per heavy atom. The van der Waals surface area contributed by atoms with E-state index < -0.39 is 5.97 Å². The summed E-state index contributed by atoms with van der Waals surface area (Å²) in [4.78, 5) is 22.3. The van der Waals surface area contributed by atoms with Crippen LogP contribution in [-0.2, 0) is 4.74 Å². The zero-order chi connectivity index (χ0) is 12.1. The molecule has 0 spiro atoms. The number of ether oxygens (including phenoxy) is 2. The zero-order valence-corrected chi connectivity index (χ0v) is 10.5. The van der Waals surface area contributed by atoms with Gasteiger partial charge in [0.1, 0.15) is 12.0 Å². The Bertz CT molecular complexity index is 415. The quantitative estimate of drug-likeness (QED) is 0.630. The van der Waals surface area contributed by atoms with E-state index in [4.69, 9.17) is 9.47 Å². The number of rotatable bonds is 4. The molecule has 1 aromatic rings. The number of methoxy groups -OCH3 is 1. The molecule has 0 aliphatic heterocycles. The highest BCUT2D eigenvalue weighted by Gasteiger charge is 2.16. The Hall–Kier alpha value is -1.36.